The number of nitro benzene ring substituents is 1. The van der Waals surface area contributed by atoms with Gasteiger partial charge in [0.05, 0.1) is 22.6 Å². The van der Waals surface area contributed by atoms with Crippen molar-refractivity contribution in [3.05, 3.63) is 64.2 Å². The van der Waals surface area contributed by atoms with Gasteiger partial charge in [0.2, 0.25) is 0 Å². The summed E-state index contributed by atoms with van der Waals surface area (Å²) in [6, 6.07) is 11.8. The van der Waals surface area contributed by atoms with Crippen LogP contribution in [0.1, 0.15) is 12.0 Å². The number of nitrogens with zero attached hydrogens (tertiary/aromatic N) is 2. The summed E-state index contributed by atoms with van der Waals surface area (Å²) in [7, 11) is -1.97. The quantitative estimate of drug-likeness (QED) is 0.577. The highest BCUT2D eigenvalue weighted by Gasteiger charge is 2.23. The molecule has 0 fully saturated rings. The number of ether oxygens (including phenoxy) is 1. The number of anilines is 1. The monoisotopic (exact) mass is 388 g/mol. The summed E-state index contributed by atoms with van der Waals surface area (Å²) in [5.41, 5.74) is 2.49. The van der Waals surface area contributed by atoms with Gasteiger partial charge in [0.25, 0.3) is 5.69 Å². The lowest BCUT2D eigenvalue weighted by atomic mass is 9.99. The van der Waals surface area contributed by atoms with Crippen molar-refractivity contribution in [2.45, 2.75) is 11.3 Å². The van der Waals surface area contributed by atoms with E-state index in [1.54, 1.807) is 7.11 Å². The van der Waals surface area contributed by atoms with E-state index in [2.05, 4.69) is 0 Å². The highest BCUT2D eigenvalue weighted by atomic mass is 32.2. The van der Waals surface area contributed by atoms with Crippen LogP contribution in [0.25, 0.3) is 5.57 Å². The van der Waals surface area contributed by atoms with E-state index in [0.29, 0.717) is 18.8 Å². The molecular formula is C19H20N2O5S. The van der Waals surface area contributed by atoms with Crippen LogP contribution in [0.15, 0.2) is 53.4 Å². The minimum atomic E-state index is -3.60. The summed E-state index contributed by atoms with van der Waals surface area (Å²) in [4.78, 5) is 12.3. The SMILES string of the molecule is COc1cccc(C2=CCN(c3ccc([N+](=O)[O-])cc3S(C)(=O)=O)CC2)c1. The molecule has 0 aliphatic carbocycles. The van der Waals surface area contributed by atoms with E-state index in [1.165, 1.54) is 12.1 Å². The molecule has 0 unspecified atom stereocenters. The molecule has 0 N–H and O–H groups in total. The Bertz CT molecular complexity index is 1010. The third kappa shape index (κ3) is 4.11. The zero-order valence-electron chi connectivity index (χ0n) is 15.1. The van der Waals surface area contributed by atoms with E-state index < -0.39 is 14.8 Å². The number of non-ortho nitro benzene ring substituents is 1. The molecule has 1 aliphatic rings. The van der Waals surface area contributed by atoms with Crippen molar-refractivity contribution in [3.8, 4) is 5.75 Å². The predicted octanol–water partition coefficient (Wildman–Crippen LogP) is 3.30. The topological polar surface area (TPSA) is 89.8 Å². The van der Waals surface area contributed by atoms with Crippen LogP contribution in [0.2, 0.25) is 0 Å². The Labute approximate surface area is 157 Å². The Morgan fingerprint density at radius 1 is 1.19 bits per heavy atom. The molecule has 2 aromatic rings. The lowest BCUT2D eigenvalue weighted by molar-refractivity contribution is -0.385. The Kier molecular flexibility index (Phi) is 5.18. The predicted molar refractivity (Wildman–Crippen MR) is 104 cm³/mol. The second kappa shape index (κ2) is 7.40. The molecule has 1 aliphatic heterocycles. The molecule has 2 aromatic carbocycles. The smallest absolute Gasteiger partial charge is 0.270 e. The fraction of sp³-hybridized carbons (Fsp3) is 0.263. The summed E-state index contributed by atoms with van der Waals surface area (Å²) in [5, 5.41) is 11.0. The minimum Gasteiger partial charge on any atom is -0.497 e. The van der Waals surface area contributed by atoms with Gasteiger partial charge in [0.1, 0.15) is 5.75 Å². The number of rotatable bonds is 5. The van der Waals surface area contributed by atoms with Crippen LogP contribution in [0, 0.1) is 10.1 Å². The van der Waals surface area contributed by atoms with Crippen molar-refractivity contribution in [2.75, 3.05) is 31.4 Å². The number of hydrogen-bond acceptors (Lipinski definition) is 6. The van der Waals surface area contributed by atoms with Crippen LogP contribution in [0.4, 0.5) is 11.4 Å². The molecule has 0 atom stereocenters. The van der Waals surface area contributed by atoms with Gasteiger partial charge in [-0.25, -0.2) is 8.42 Å². The molecule has 0 saturated carbocycles. The van der Waals surface area contributed by atoms with Gasteiger partial charge in [-0.05, 0) is 35.8 Å². The van der Waals surface area contributed by atoms with Crippen molar-refractivity contribution < 1.29 is 18.1 Å². The normalized spacial score (nSPS) is 14.6. The van der Waals surface area contributed by atoms with Crippen LogP contribution in [0.5, 0.6) is 5.75 Å². The van der Waals surface area contributed by atoms with Crippen LogP contribution >= 0.6 is 0 Å². The van der Waals surface area contributed by atoms with Gasteiger partial charge in [-0.3, -0.25) is 10.1 Å². The highest BCUT2D eigenvalue weighted by molar-refractivity contribution is 7.90. The number of benzene rings is 2. The Morgan fingerprint density at radius 2 is 1.96 bits per heavy atom. The second-order valence-corrected chi connectivity index (χ2v) is 8.32. The van der Waals surface area contributed by atoms with E-state index in [4.69, 9.17) is 4.74 Å². The van der Waals surface area contributed by atoms with E-state index in [-0.39, 0.29) is 10.6 Å². The molecule has 7 nitrogen and oxygen atoms in total. The third-order valence-corrected chi connectivity index (χ3v) is 5.67. The minimum absolute atomic E-state index is 0.0186. The Balaban J connectivity index is 1.91. The first-order valence-electron chi connectivity index (χ1n) is 8.36. The summed E-state index contributed by atoms with van der Waals surface area (Å²) in [6.07, 6.45) is 3.84. The van der Waals surface area contributed by atoms with E-state index in [9.17, 15) is 18.5 Å². The maximum absolute atomic E-state index is 12.1. The summed E-state index contributed by atoms with van der Waals surface area (Å²) >= 11 is 0. The molecular weight excluding hydrogens is 368 g/mol. The molecule has 0 radical (unpaired) electrons. The zero-order chi connectivity index (χ0) is 19.6. The first kappa shape index (κ1) is 18.9. The molecule has 0 saturated heterocycles. The summed E-state index contributed by atoms with van der Waals surface area (Å²) < 4.78 is 29.6. The zero-order valence-corrected chi connectivity index (χ0v) is 15.9. The van der Waals surface area contributed by atoms with Crippen LogP contribution in [0.3, 0.4) is 0 Å². The van der Waals surface area contributed by atoms with Gasteiger partial charge < -0.3 is 9.64 Å². The average Bonchev–Trinajstić information content (AvgIpc) is 2.67. The largest absolute Gasteiger partial charge is 0.497 e. The Morgan fingerprint density at radius 3 is 2.56 bits per heavy atom. The fourth-order valence-electron chi connectivity index (χ4n) is 3.15. The first-order chi connectivity index (χ1) is 12.8. The Hall–Kier alpha value is -2.87. The fourth-order valence-corrected chi connectivity index (χ4v) is 4.06. The van der Waals surface area contributed by atoms with Crippen LogP contribution in [-0.2, 0) is 9.84 Å². The standard InChI is InChI=1S/C19H20N2O5S/c1-26-17-5-3-4-15(12-17)14-8-10-20(11-9-14)18-7-6-16(21(22)23)13-19(18)27(2,24)25/h3-8,12-13H,9-11H2,1-2H3. The van der Waals surface area contributed by atoms with Crippen molar-refractivity contribution in [3.63, 3.8) is 0 Å². The summed E-state index contributed by atoms with van der Waals surface area (Å²) in [5.74, 6) is 0.783. The molecule has 1 heterocycles. The lowest BCUT2D eigenvalue weighted by Crippen LogP contribution is -2.29. The van der Waals surface area contributed by atoms with Crippen LogP contribution in [-0.4, -0.2) is 39.8 Å². The average molecular weight is 388 g/mol. The van der Waals surface area contributed by atoms with E-state index in [0.717, 1.165) is 35.6 Å². The van der Waals surface area contributed by atoms with E-state index in [1.807, 2.05) is 35.2 Å². The van der Waals surface area contributed by atoms with Gasteiger partial charge in [-0.1, -0.05) is 18.2 Å². The second-order valence-electron chi connectivity index (χ2n) is 6.34. The summed E-state index contributed by atoms with van der Waals surface area (Å²) in [6.45, 7) is 1.14. The highest BCUT2D eigenvalue weighted by Crippen LogP contribution is 2.33. The first-order valence-corrected chi connectivity index (χ1v) is 10.3. The molecule has 3 rings (SSSR count). The van der Waals surface area contributed by atoms with Crippen LogP contribution < -0.4 is 9.64 Å². The molecule has 0 amide bonds. The van der Waals surface area contributed by atoms with Gasteiger partial charge in [0, 0.05) is 31.5 Å². The van der Waals surface area contributed by atoms with Gasteiger partial charge in [0.15, 0.2) is 9.84 Å². The molecule has 27 heavy (non-hydrogen) atoms. The molecule has 142 valence electrons. The maximum atomic E-state index is 12.1. The maximum Gasteiger partial charge on any atom is 0.270 e. The molecule has 0 aromatic heterocycles. The molecule has 0 spiro atoms. The number of hydrogen-bond donors (Lipinski definition) is 0. The van der Waals surface area contributed by atoms with E-state index >= 15 is 0 Å². The number of nitro groups is 1. The van der Waals surface area contributed by atoms with Gasteiger partial charge in [-0.2, -0.15) is 0 Å². The van der Waals surface area contributed by atoms with Crippen molar-refractivity contribution in [1.82, 2.24) is 0 Å². The molecule has 8 heteroatoms. The van der Waals surface area contributed by atoms with Gasteiger partial charge in [-0.15, -0.1) is 0 Å². The van der Waals surface area contributed by atoms with Crippen molar-refractivity contribution >= 4 is 26.8 Å². The van der Waals surface area contributed by atoms with Crippen molar-refractivity contribution in [1.29, 1.82) is 0 Å². The third-order valence-electron chi connectivity index (χ3n) is 4.54. The lowest BCUT2D eigenvalue weighted by Gasteiger charge is -2.30. The van der Waals surface area contributed by atoms with Crippen molar-refractivity contribution in [2.24, 2.45) is 0 Å². The molecule has 0 bridgehead atoms. The number of sulfone groups is 1. The van der Waals surface area contributed by atoms with Gasteiger partial charge >= 0.3 is 0 Å². The number of methoxy groups -OCH3 is 1.